The van der Waals surface area contributed by atoms with Gasteiger partial charge in [-0.15, -0.1) is 11.3 Å². The standard InChI is InChI=1S/C16H10F3N3O2S/c17-16(18,19)11-3-1-10(2-4-11)14-9-25-15(21-14)20-12-5-7-13(8-6-12)22(23)24/h1-9H,(H,20,21). The van der Waals surface area contributed by atoms with Crippen molar-refractivity contribution in [3.8, 4) is 11.3 Å². The summed E-state index contributed by atoms with van der Waals surface area (Å²) in [7, 11) is 0. The van der Waals surface area contributed by atoms with E-state index in [1.807, 2.05) is 0 Å². The van der Waals surface area contributed by atoms with Gasteiger partial charge >= 0.3 is 6.18 Å². The predicted octanol–water partition coefficient (Wildman–Crippen LogP) is 5.48. The van der Waals surface area contributed by atoms with Gasteiger partial charge in [-0.05, 0) is 24.3 Å². The van der Waals surface area contributed by atoms with Gasteiger partial charge in [0.25, 0.3) is 5.69 Å². The van der Waals surface area contributed by atoms with Crippen molar-refractivity contribution in [2.75, 3.05) is 5.32 Å². The number of nitro groups is 1. The highest BCUT2D eigenvalue weighted by atomic mass is 32.1. The molecule has 0 amide bonds. The highest BCUT2D eigenvalue weighted by molar-refractivity contribution is 7.14. The second-order valence-corrected chi connectivity index (χ2v) is 5.90. The molecule has 0 aliphatic heterocycles. The first kappa shape index (κ1) is 16.9. The van der Waals surface area contributed by atoms with Crippen LogP contribution in [-0.4, -0.2) is 9.91 Å². The molecule has 0 saturated heterocycles. The second kappa shape index (κ2) is 6.52. The summed E-state index contributed by atoms with van der Waals surface area (Å²) in [4.78, 5) is 14.4. The number of rotatable bonds is 4. The van der Waals surface area contributed by atoms with Crippen molar-refractivity contribution in [3.05, 3.63) is 69.6 Å². The third kappa shape index (κ3) is 3.94. The van der Waals surface area contributed by atoms with Crippen molar-refractivity contribution in [3.63, 3.8) is 0 Å². The molecule has 0 radical (unpaired) electrons. The fourth-order valence-corrected chi connectivity index (χ4v) is 2.82. The van der Waals surface area contributed by atoms with Crippen molar-refractivity contribution in [2.24, 2.45) is 0 Å². The van der Waals surface area contributed by atoms with Gasteiger partial charge in [-0.2, -0.15) is 13.2 Å². The molecule has 9 heteroatoms. The molecule has 0 saturated carbocycles. The largest absolute Gasteiger partial charge is 0.416 e. The Kier molecular flexibility index (Phi) is 4.41. The molecular weight excluding hydrogens is 355 g/mol. The fraction of sp³-hybridized carbons (Fsp3) is 0.0625. The summed E-state index contributed by atoms with van der Waals surface area (Å²) >= 11 is 1.28. The van der Waals surface area contributed by atoms with E-state index in [-0.39, 0.29) is 5.69 Å². The van der Waals surface area contributed by atoms with Crippen LogP contribution in [-0.2, 0) is 6.18 Å². The molecule has 1 aromatic heterocycles. The molecule has 128 valence electrons. The highest BCUT2D eigenvalue weighted by Gasteiger charge is 2.30. The first-order valence-electron chi connectivity index (χ1n) is 6.97. The van der Waals surface area contributed by atoms with E-state index < -0.39 is 16.7 Å². The van der Waals surface area contributed by atoms with Gasteiger partial charge in [-0.1, -0.05) is 12.1 Å². The zero-order valence-electron chi connectivity index (χ0n) is 12.4. The third-order valence-electron chi connectivity index (χ3n) is 3.34. The van der Waals surface area contributed by atoms with Gasteiger partial charge in [0, 0.05) is 28.8 Å². The van der Waals surface area contributed by atoms with Gasteiger partial charge in [-0.3, -0.25) is 10.1 Å². The van der Waals surface area contributed by atoms with Gasteiger partial charge in [0.15, 0.2) is 5.13 Å². The average Bonchev–Trinajstić information content (AvgIpc) is 3.03. The molecule has 0 fully saturated rings. The van der Waals surface area contributed by atoms with Gasteiger partial charge in [0.2, 0.25) is 0 Å². The number of nitrogens with zero attached hydrogens (tertiary/aromatic N) is 2. The van der Waals surface area contributed by atoms with Crippen LogP contribution in [0.4, 0.5) is 29.7 Å². The van der Waals surface area contributed by atoms with Crippen LogP contribution in [0, 0.1) is 10.1 Å². The van der Waals surface area contributed by atoms with Gasteiger partial charge in [0.1, 0.15) is 0 Å². The molecule has 3 aromatic rings. The number of alkyl halides is 3. The highest BCUT2D eigenvalue weighted by Crippen LogP contribution is 2.32. The lowest BCUT2D eigenvalue weighted by Gasteiger charge is -2.06. The molecular formula is C16H10F3N3O2S. The van der Waals surface area contributed by atoms with Crippen molar-refractivity contribution in [1.29, 1.82) is 0 Å². The van der Waals surface area contributed by atoms with Gasteiger partial charge in [-0.25, -0.2) is 4.98 Å². The second-order valence-electron chi connectivity index (χ2n) is 5.04. The van der Waals surface area contributed by atoms with Crippen LogP contribution >= 0.6 is 11.3 Å². The minimum absolute atomic E-state index is 0.0184. The SMILES string of the molecule is O=[N+]([O-])c1ccc(Nc2nc(-c3ccc(C(F)(F)F)cc3)cs2)cc1. The van der Waals surface area contributed by atoms with Crippen LogP contribution < -0.4 is 5.32 Å². The summed E-state index contributed by atoms with van der Waals surface area (Å²) in [5.74, 6) is 0. The van der Waals surface area contributed by atoms with E-state index >= 15 is 0 Å². The molecule has 3 rings (SSSR count). The minimum atomic E-state index is -4.37. The number of hydrogen-bond donors (Lipinski definition) is 1. The molecule has 0 spiro atoms. The molecule has 25 heavy (non-hydrogen) atoms. The summed E-state index contributed by atoms with van der Waals surface area (Å²) in [6, 6.07) is 10.6. The maximum absolute atomic E-state index is 12.6. The molecule has 0 unspecified atom stereocenters. The average molecular weight is 365 g/mol. The zero-order chi connectivity index (χ0) is 18.0. The fourth-order valence-electron chi connectivity index (χ4n) is 2.08. The number of thiazole rings is 1. The number of non-ortho nitro benzene ring substituents is 1. The number of halogens is 3. The van der Waals surface area contributed by atoms with Crippen molar-refractivity contribution in [2.45, 2.75) is 6.18 Å². The quantitative estimate of drug-likeness (QED) is 0.491. The minimum Gasteiger partial charge on any atom is -0.332 e. The maximum Gasteiger partial charge on any atom is 0.416 e. The lowest BCUT2D eigenvalue weighted by atomic mass is 10.1. The van der Waals surface area contributed by atoms with E-state index in [0.717, 1.165) is 12.1 Å². The molecule has 1 heterocycles. The number of benzene rings is 2. The van der Waals surface area contributed by atoms with Gasteiger partial charge in [0.05, 0.1) is 16.2 Å². The number of nitrogens with one attached hydrogen (secondary N) is 1. The van der Waals surface area contributed by atoms with Crippen molar-refractivity contribution >= 4 is 27.8 Å². The van der Waals surface area contributed by atoms with Gasteiger partial charge < -0.3 is 5.32 Å². The predicted molar refractivity (Wildman–Crippen MR) is 88.9 cm³/mol. The maximum atomic E-state index is 12.6. The first-order chi connectivity index (χ1) is 11.8. The molecule has 5 nitrogen and oxygen atoms in total. The normalized spacial score (nSPS) is 11.3. The first-order valence-corrected chi connectivity index (χ1v) is 7.85. The summed E-state index contributed by atoms with van der Waals surface area (Å²) in [5, 5.41) is 15.9. The van der Waals surface area contributed by atoms with E-state index in [9.17, 15) is 23.3 Å². The molecule has 0 aliphatic carbocycles. The Bertz CT molecular complexity index is 890. The monoisotopic (exact) mass is 365 g/mol. The topological polar surface area (TPSA) is 68.1 Å². The number of nitro benzene ring substituents is 1. The molecule has 0 bridgehead atoms. The Balaban J connectivity index is 1.75. The Labute approximate surface area is 143 Å². The van der Waals surface area contributed by atoms with Crippen LogP contribution in [0.1, 0.15) is 5.56 Å². The van der Waals surface area contributed by atoms with Crippen LogP contribution in [0.2, 0.25) is 0 Å². The smallest absolute Gasteiger partial charge is 0.332 e. The summed E-state index contributed by atoms with van der Waals surface area (Å²) in [6.45, 7) is 0. The lowest BCUT2D eigenvalue weighted by molar-refractivity contribution is -0.384. The summed E-state index contributed by atoms with van der Waals surface area (Å²) in [6.07, 6.45) is -4.37. The van der Waals surface area contributed by atoms with Crippen molar-refractivity contribution in [1.82, 2.24) is 4.98 Å². The van der Waals surface area contributed by atoms with E-state index in [4.69, 9.17) is 0 Å². The third-order valence-corrected chi connectivity index (χ3v) is 4.10. The number of aromatic nitrogens is 1. The van der Waals surface area contributed by atoms with E-state index in [1.54, 1.807) is 17.5 Å². The van der Waals surface area contributed by atoms with Crippen molar-refractivity contribution < 1.29 is 18.1 Å². The van der Waals surface area contributed by atoms with E-state index in [2.05, 4.69) is 10.3 Å². The Morgan fingerprint density at radius 2 is 1.68 bits per heavy atom. The van der Waals surface area contributed by atoms with Crippen LogP contribution in [0.25, 0.3) is 11.3 Å². The number of anilines is 2. The number of hydrogen-bond acceptors (Lipinski definition) is 5. The Hall–Kier alpha value is -2.94. The molecule has 2 aromatic carbocycles. The Morgan fingerprint density at radius 1 is 1.04 bits per heavy atom. The molecule has 0 aliphatic rings. The van der Waals surface area contributed by atoms with Crippen LogP contribution in [0.5, 0.6) is 0 Å². The lowest BCUT2D eigenvalue weighted by Crippen LogP contribution is -2.03. The zero-order valence-corrected chi connectivity index (χ0v) is 13.3. The van der Waals surface area contributed by atoms with E-state index in [1.165, 1.54) is 35.6 Å². The van der Waals surface area contributed by atoms with Crippen LogP contribution in [0.3, 0.4) is 0 Å². The Morgan fingerprint density at radius 3 is 2.24 bits per heavy atom. The summed E-state index contributed by atoms with van der Waals surface area (Å²) < 4.78 is 37.7. The molecule has 0 atom stereocenters. The summed E-state index contributed by atoms with van der Waals surface area (Å²) in [5.41, 5.74) is 1.01. The molecule has 1 N–H and O–H groups in total. The van der Waals surface area contributed by atoms with E-state index in [0.29, 0.717) is 22.1 Å². The van der Waals surface area contributed by atoms with Crippen LogP contribution in [0.15, 0.2) is 53.9 Å².